The van der Waals surface area contributed by atoms with Gasteiger partial charge in [0.1, 0.15) is 0 Å². The highest BCUT2D eigenvalue weighted by atomic mass is 32.3. The molecule has 0 nitrogen and oxygen atoms in total. The summed E-state index contributed by atoms with van der Waals surface area (Å²) in [5.41, 5.74) is 2.18. The lowest BCUT2D eigenvalue weighted by Gasteiger charge is -2.77. The van der Waals surface area contributed by atoms with Gasteiger partial charge < -0.3 is 0 Å². The molecule has 0 aromatic heterocycles. The van der Waals surface area contributed by atoms with E-state index in [-0.39, 0.29) is 0 Å². The third kappa shape index (κ3) is 4.11. The molecule has 0 amide bonds. The van der Waals surface area contributed by atoms with Crippen LogP contribution in [0.25, 0.3) is 0 Å². The number of fused-ring (bicyclic) bond motifs is 9. The lowest BCUT2D eigenvalue weighted by atomic mass is 9.46. The van der Waals surface area contributed by atoms with E-state index < -0.39 is 10.0 Å². The second-order valence-corrected chi connectivity index (χ2v) is 27.4. The summed E-state index contributed by atoms with van der Waals surface area (Å²) in [7, 11) is -0.709. The van der Waals surface area contributed by atoms with Gasteiger partial charge in [-0.1, -0.05) is 82.1 Å². The van der Waals surface area contributed by atoms with Crippen LogP contribution in [0.2, 0.25) is 0 Å². The third-order valence-electron chi connectivity index (χ3n) is 20.0. The van der Waals surface area contributed by atoms with E-state index in [4.69, 9.17) is 0 Å². The minimum atomic E-state index is -0.709. The van der Waals surface area contributed by atoms with E-state index in [0.29, 0.717) is 21.7 Å². The van der Waals surface area contributed by atoms with E-state index in [1.807, 2.05) is 0 Å². The summed E-state index contributed by atoms with van der Waals surface area (Å²) in [5, 5.41) is 3.37. The van der Waals surface area contributed by atoms with Crippen molar-refractivity contribution in [2.75, 3.05) is 6.26 Å². The van der Waals surface area contributed by atoms with Crippen LogP contribution in [0.5, 0.6) is 0 Å². The Balaban J connectivity index is 1.19. The molecule has 262 valence electrons. The van der Waals surface area contributed by atoms with Crippen molar-refractivity contribution < 1.29 is 0 Å². The van der Waals surface area contributed by atoms with Crippen molar-refractivity contribution in [3.8, 4) is 0 Å². The van der Waals surface area contributed by atoms with Gasteiger partial charge in [0, 0.05) is 0 Å². The van der Waals surface area contributed by atoms with Gasteiger partial charge in [0.05, 0.1) is 0 Å². The summed E-state index contributed by atoms with van der Waals surface area (Å²) in [6.07, 6.45) is 23.4. The van der Waals surface area contributed by atoms with Gasteiger partial charge in [-0.2, -0.15) is 0 Å². The monoisotopic (exact) mass is 649 g/mol. The Morgan fingerprint density at radius 2 is 0.848 bits per heavy atom. The lowest BCUT2D eigenvalue weighted by molar-refractivity contribution is -0.0951. The molecule has 0 spiro atoms. The normalized spacial score (nSPS) is 61.3. The van der Waals surface area contributed by atoms with Gasteiger partial charge in [0.2, 0.25) is 0 Å². The van der Waals surface area contributed by atoms with Crippen LogP contribution in [-0.2, 0) is 0 Å². The van der Waals surface area contributed by atoms with E-state index in [1.54, 1.807) is 57.8 Å². The summed E-state index contributed by atoms with van der Waals surface area (Å²) in [5.74, 6) is 14.6. The van der Waals surface area contributed by atoms with Crippen molar-refractivity contribution in [2.24, 2.45) is 105 Å². The van der Waals surface area contributed by atoms with E-state index in [2.05, 4.69) is 75.5 Å². The van der Waals surface area contributed by atoms with Crippen molar-refractivity contribution in [1.29, 1.82) is 0 Å². The lowest BCUT2D eigenvalue weighted by Crippen LogP contribution is -2.68. The second-order valence-electron chi connectivity index (χ2n) is 23.6. The minimum Gasteiger partial charge on any atom is -0.234 e. The molecule has 1 saturated heterocycles. The zero-order valence-corrected chi connectivity index (χ0v) is 33.2. The van der Waals surface area contributed by atoms with Crippen LogP contribution >= 0.6 is 10.0 Å². The second kappa shape index (κ2) is 10.0. The van der Waals surface area contributed by atoms with Crippen LogP contribution in [0.1, 0.15) is 153 Å². The van der Waals surface area contributed by atoms with Crippen molar-refractivity contribution in [3.05, 3.63) is 0 Å². The molecule has 8 saturated carbocycles. The summed E-state index contributed by atoms with van der Waals surface area (Å²) in [4.78, 5) is 0. The third-order valence-corrected chi connectivity index (χ3v) is 25.4. The van der Waals surface area contributed by atoms with Crippen LogP contribution in [0, 0.1) is 105 Å². The Morgan fingerprint density at radius 3 is 1.39 bits per heavy atom. The van der Waals surface area contributed by atoms with E-state index in [1.165, 1.54) is 25.7 Å². The van der Waals surface area contributed by atoms with E-state index in [9.17, 15) is 0 Å². The first kappa shape index (κ1) is 32.3. The van der Waals surface area contributed by atoms with Crippen LogP contribution in [0.15, 0.2) is 0 Å². The predicted molar refractivity (Wildman–Crippen MR) is 200 cm³/mol. The molecule has 0 radical (unpaired) electrons. The van der Waals surface area contributed by atoms with Crippen molar-refractivity contribution >= 4 is 10.0 Å². The quantitative estimate of drug-likeness (QED) is 0.265. The SMILES string of the molecule is CC1CCC2C(C1)C1CC(C)CCC1C2S1(C)C2C3CC4C(CC3C3CC5C(C1C32)C(C)(C)CCC5(C)C)C(C)(C)CCC4(C)C. The highest BCUT2D eigenvalue weighted by molar-refractivity contribution is 8.35. The molecule has 0 aromatic carbocycles. The highest BCUT2D eigenvalue weighted by Gasteiger charge is 2.78. The first-order chi connectivity index (χ1) is 21.5. The highest BCUT2D eigenvalue weighted by Crippen LogP contribution is 2.89. The maximum atomic E-state index is 3.15. The number of rotatable bonds is 1. The molecule has 0 N–H and O–H groups in total. The smallest absolute Gasteiger partial charge is 0.00315 e. The molecule has 46 heavy (non-hydrogen) atoms. The molecule has 8 aliphatic carbocycles. The van der Waals surface area contributed by atoms with Gasteiger partial charge >= 0.3 is 0 Å². The Labute approximate surface area is 288 Å². The molecule has 9 rings (SSSR count). The topological polar surface area (TPSA) is 0 Å². The van der Waals surface area contributed by atoms with Gasteiger partial charge in [-0.05, 0) is 197 Å². The molecular weight excluding hydrogens is 573 g/mol. The largest absolute Gasteiger partial charge is 0.234 e. The van der Waals surface area contributed by atoms with Gasteiger partial charge in [0.25, 0.3) is 0 Å². The first-order valence-electron chi connectivity index (χ1n) is 21.2. The molecule has 0 aromatic rings. The number of hydrogen-bond donors (Lipinski definition) is 0. The van der Waals surface area contributed by atoms with Crippen LogP contribution in [0.3, 0.4) is 0 Å². The average Bonchev–Trinajstić information content (AvgIpc) is 3.47. The number of hydrogen-bond acceptors (Lipinski definition) is 0. The van der Waals surface area contributed by atoms with Gasteiger partial charge in [-0.25, -0.2) is 10.0 Å². The van der Waals surface area contributed by atoms with Crippen LogP contribution in [0.4, 0.5) is 0 Å². The summed E-state index contributed by atoms with van der Waals surface area (Å²) in [6.45, 7) is 27.2. The van der Waals surface area contributed by atoms with Crippen LogP contribution < -0.4 is 0 Å². The average molecular weight is 649 g/mol. The van der Waals surface area contributed by atoms with Gasteiger partial charge in [-0.15, -0.1) is 0 Å². The maximum Gasteiger partial charge on any atom is -0.00315 e. The molecule has 0 bridgehead atoms. The zero-order valence-electron chi connectivity index (χ0n) is 32.4. The Morgan fingerprint density at radius 1 is 0.413 bits per heavy atom. The van der Waals surface area contributed by atoms with Crippen molar-refractivity contribution in [3.63, 3.8) is 0 Å². The summed E-state index contributed by atoms with van der Waals surface area (Å²) < 4.78 is 0. The Hall–Kier alpha value is 0.350. The molecule has 9 aliphatic rings. The van der Waals surface area contributed by atoms with Crippen molar-refractivity contribution in [1.82, 2.24) is 0 Å². The molecule has 17 atom stereocenters. The van der Waals surface area contributed by atoms with E-state index >= 15 is 0 Å². The fraction of sp³-hybridized carbons (Fsp3) is 1.00. The van der Waals surface area contributed by atoms with Crippen molar-refractivity contribution in [2.45, 2.75) is 168 Å². The zero-order chi connectivity index (χ0) is 32.5. The molecular formula is C45H76S. The predicted octanol–water partition coefficient (Wildman–Crippen LogP) is 12.5. The minimum absolute atomic E-state index is 0.541. The standard InChI is InChI=1S/C45H76S/c1-25-12-14-27-29(20-25)30-21-26(2)13-15-28(30)39(27)46(11)40-33-24-35-34(42(3,4)16-17-43(35,5)6)22-31(33)32-23-36-38(41(46)37(32)40)45(9,10)19-18-44(36,7)8/h25-41H,12-24H2,1-11H3. The molecule has 17 unspecified atom stereocenters. The van der Waals surface area contributed by atoms with Crippen LogP contribution in [-0.4, -0.2) is 22.0 Å². The van der Waals surface area contributed by atoms with E-state index in [0.717, 1.165) is 98.6 Å². The molecule has 1 aliphatic heterocycles. The van der Waals surface area contributed by atoms with Gasteiger partial charge in [0.15, 0.2) is 0 Å². The fourth-order valence-electron chi connectivity index (χ4n) is 17.7. The molecule has 1 heterocycles. The fourth-order valence-corrected chi connectivity index (χ4v) is 25.1. The first-order valence-corrected chi connectivity index (χ1v) is 23.5. The summed E-state index contributed by atoms with van der Waals surface area (Å²) >= 11 is 0. The molecule has 9 fully saturated rings. The van der Waals surface area contributed by atoms with Gasteiger partial charge in [-0.3, -0.25) is 0 Å². The molecule has 1 heteroatoms. The Kier molecular flexibility index (Phi) is 7.03. The summed E-state index contributed by atoms with van der Waals surface area (Å²) in [6, 6.07) is 0. The maximum absolute atomic E-state index is 3.15. The Bertz CT molecular complexity index is 1190.